The summed E-state index contributed by atoms with van der Waals surface area (Å²) in [6, 6.07) is 11.2. The van der Waals surface area contributed by atoms with Crippen LogP contribution in [0.2, 0.25) is 0 Å². The SMILES string of the molecule is Cc1cc(Br)cc(/C=N/NC(=O)COc2ccc(C(C)(C)C)cc2)c1O. The van der Waals surface area contributed by atoms with Crippen LogP contribution in [0.1, 0.15) is 37.5 Å². The van der Waals surface area contributed by atoms with Crippen LogP contribution in [-0.4, -0.2) is 23.8 Å². The molecule has 2 rings (SSSR count). The highest BCUT2D eigenvalue weighted by atomic mass is 79.9. The van der Waals surface area contributed by atoms with Crippen LogP contribution in [0.3, 0.4) is 0 Å². The number of ether oxygens (including phenoxy) is 1. The fraction of sp³-hybridized carbons (Fsp3) is 0.300. The Morgan fingerprint density at radius 3 is 2.54 bits per heavy atom. The second-order valence-electron chi connectivity index (χ2n) is 7.02. The number of nitrogens with one attached hydrogen (secondary N) is 1. The van der Waals surface area contributed by atoms with Gasteiger partial charge in [0.15, 0.2) is 6.61 Å². The number of phenolic OH excluding ortho intramolecular Hbond substituents is 1. The van der Waals surface area contributed by atoms with Crippen molar-refractivity contribution >= 4 is 28.1 Å². The fourth-order valence-electron chi connectivity index (χ4n) is 2.27. The maximum Gasteiger partial charge on any atom is 0.277 e. The summed E-state index contributed by atoms with van der Waals surface area (Å²) in [5, 5.41) is 13.8. The van der Waals surface area contributed by atoms with E-state index in [9.17, 15) is 9.90 Å². The third-order valence-electron chi connectivity index (χ3n) is 3.78. The van der Waals surface area contributed by atoms with Crippen LogP contribution in [0.4, 0.5) is 0 Å². The van der Waals surface area contributed by atoms with Crippen LogP contribution in [-0.2, 0) is 10.2 Å². The Morgan fingerprint density at radius 1 is 1.27 bits per heavy atom. The zero-order valence-corrected chi connectivity index (χ0v) is 16.9. The molecule has 1 amide bonds. The van der Waals surface area contributed by atoms with Gasteiger partial charge in [-0.2, -0.15) is 5.10 Å². The number of halogens is 1. The van der Waals surface area contributed by atoms with E-state index in [-0.39, 0.29) is 23.7 Å². The molecular formula is C20H23BrN2O3. The van der Waals surface area contributed by atoms with Crippen molar-refractivity contribution in [2.45, 2.75) is 33.1 Å². The molecule has 6 heteroatoms. The van der Waals surface area contributed by atoms with Crippen molar-refractivity contribution in [2.75, 3.05) is 6.61 Å². The smallest absolute Gasteiger partial charge is 0.277 e. The maximum atomic E-state index is 11.8. The zero-order valence-electron chi connectivity index (χ0n) is 15.3. The summed E-state index contributed by atoms with van der Waals surface area (Å²) in [5.41, 5.74) is 4.88. The molecule has 0 fully saturated rings. The van der Waals surface area contributed by atoms with E-state index >= 15 is 0 Å². The largest absolute Gasteiger partial charge is 0.507 e. The Balaban J connectivity index is 1.88. The average Bonchev–Trinajstić information content (AvgIpc) is 2.57. The molecule has 5 nitrogen and oxygen atoms in total. The first-order chi connectivity index (χ1) is 12.2. The predicted octanol–water partition coefficient (Wildman–Crippen LogP) is 4.29. The number of benzene rings is 2. The molecular weight excluding hydrogens is 396 g/mol. The van der Waals surface area contributed by atoms with E-state index in [1.54, 1.807) is 19.1 Å². The monoisotopic (exact) mass is 418 g/mol. The molecule has 0 aliphatic heterocycles. The number of aryl methyl sites for hydroxylation is 1. The Kier molecular flexibility index (Phi) is 6.42. The van der Waals surface area contributed by atoms with Gasteiger partial charge in [-0.25, -0.2) is 5.43 Å². The summed E-state index contributed by atoms with van der Waals surface area (Å²) in [7, 11) is 0. The second-order valence-corrected chi connectivity index (χ2v) is 7.93. The lowest BCUT2D eigenvalue weighted by atomic mass is 9.87. The summed E-state index contributed by atoms with van der Waals surface area (Å²) < 4.78 is 6.28. The minimum Gasteiger partial charge on any atom is -0.507 e. The van der Waals surface area contributed by atoms with Crippen molar-refractivity contribution in [2.24, 2.45) is 5.10 Å². The number of hydrogen-bond acceptors (Lipinski definition) is 4. The number of nitrogens with zero attached hydrogens (tertiary/aromatic N) is 1. The summed E-state index contributed by atoms with van der Waals surface area (Å²) in [6.07, 6.45) is 1.39. The van der Waals surface area contributed by atoms with Crippen molar-refractivity contribution in [1.29, 1.82) is 0 Å². The molecule has 2 aromatic rings. The van der Waals surface area contributed by atoms with Gasteiger partial charge >= 0.3 is 0 Å². The normalized spacial score (nSPS) is 11.6. The Morgan fingerprint density at radius 2 is 1.92 bits per heavy atom. The number of aromatic hydroxyl groups is 1. The quantitative estimate of drug-likeness (QED) is 0.561. The molecule has 2 aromatic carbocycles. The molecule has 0 radical (unpaired) electrons. The molecule has 0 heterocycles. The lowest BCUT2D eigenvalue weighted by Gasteiger charge is -2.19. The predicted molar refractivity (Wildman–Crippen MR) is 107 cm³/mol. The van der Waals surface area contributed by atoms with Crippen LogP contribution >= 0.6 is 15.9 Å². The van der Waals surface area contributed by atoms with Gasteiger partial charge in [0.1, 0.15) is 11.5 Å². The molecule has 0 aliphatic rings. The first-order valence-electron chi connectivity index (χ1n) is 8.21. The number of hydrogen-bond donors (Lipinski definition) is 2. The number of rotatable bonds is 5. The molecule has 0 saturated carbocycles. The highest BCUT2D eigenvalue weighted by Crippen LogP contribution is 2.25. The van der Waals surface area contributed by atoms with Crippen molar-refractivity contribution in [3.8, 4) is 11.5 Å². The van der Waals surface area contributed by atoms with Gasteiger partial charge in [-0.15, -0.1) is 0 Å². The molecule has 0 atom stereocenters. The van der Waals surface area contributed by atoms with Gasteiger partial charge in [0.25, 0.3) is 5.91 Å². The topological polar surface area (TPSA) is 70.9 Å². The molecule has 26 heavy (non-hydrogen) atoms. The first-order valence-corrected chi connectivity index (χ1v) is 9.00. The second kappa shape index (κ2) is 8.36. The average molecular weight is 419 g/mol. The van der Waals surface area contributed by atoms with Gasteiger partial charge in [-0.1, -0.05) is 48.8 Å². The van der Waals surface area contributed by atoms with Gasteiger partial charge in [-0.05, 0) is 47.7 Å². The van der Waals surface area contributed by atoms with E-state index in [4.69, 9.17) is 4.74 Å². The van der Waals surface area contributed by atoms with Gasteiger partial charge < -0.3 is 9.84 Å². The Bertz CT molecular complexity index is 809. The number of carbonyl (C=O) groups is 1. The molecule has 0 aliphatic carbocycles. The number of phenols is 1. The van der Waals surface area contributed by atoms with Gasteiger partial charge in [0.05, 0.1) is 6.21 Å². The zero-order chi connectivity index (χ0) is 19.3. The third kappa shape index (κ3) is 5.59. The molecule has 0 saturated heterocycles. The van der Waals surface area contributed by atoms with E-state index in [0.29, 0.717) is 16.9 Å². The first kappa shape index (κ1) is 20.0. The van der Waals surface area contributed by atoms with Crippen molar-refractivity contribution in [3.05, 3.63) is 57.6 Å². The van der Waals surface area contributed by atoms with Crippen LogP contribution in [0, 0.1) is 6.92 Å². The summed E-state index contributed by atoms with van der Waals surface area (Å²) >= 11 is 3.36. The van der Waals surface area contributed by atoms with Crippen molar-refractivity contribution in [1.82, 2.24) is 5.43 Å². The highest BCUT2D eigenvalue weighted by Gasteiger charge is 2.13. The van der Waals surface area contributed by atoms with Crippen molar-refractivity contribution < 1.29 is 14.6 Å². The third-order valence-corrected chi connectivity index (χ3v) is 4.24. The standard InChI is InChI=1S/C20H23BrN2O3/c1-13-9-16(21)10-14(19(13)25)11-22-23-18(24)12-26-17-7-5-15(6-8-17)20(2,3)4/h5-11,25H,12H2,1-4H3,(H,23,24)/b22-11+. The number of carbonyl (C=O) groups excluding carboxylic acids is 1. The van der Waals surface area contributed by atoms with Crippen molar-refractivity contribution in [3.63, 3.8) is 0 Å². The summed E-state index contributed by atoms with van der Waals surface area (Å²) in [5.74, 6) is 0.367. The van der Waals surface area contributed by atoms with Crippen LogP contribution in [0.5, 0.6) is 11.5 Å². The van der Waals surface area contributed by atoms with E-state index in [0.717, 1.165) is 4.47 Å². The van der Waals surface area contributed by atoms with E-state index in [1.165, 1.54) is 11.8 Å². The minimum absolute atomic E-state index is 0.0704. The van der Waals surface area contributed by atoms with Gasteiger partial charge in [-0.3, -0.25) is 4.79 Å². The van der Waals surface area contributed by atoms with Crippen LogP contribution in [0.25, 0.3) is 0 Å². The lowest BCUT2D eigenvalue weighted by molar-refractivity contribution is -0.123. The van der Waals surface area contributed by atoms with Gasteiger partial charge in [0, 0.05) is 10.0 Å². The molecule has 0 unspecified atom stereocenters. The van der Waals surface area contributed by atoms with Crippen LogP contribution < -0.4 is 10.2 Å². The molecule has 0 bridgehead atoms. The van der Waals surface area contributed by atoms with Crippen LogP contribution in [0.15, 0.2) is 46.0 Å². The molecule has 2 N–H and O–H groups in total. The summed E-state index contributed by atoms with van der Waals surface area (Å²) in [4.78, 5) is 11.8. The fourth-order valence-corrected chi connectivity index (χ4v) is 2.86. The Hall–Kier alpha value is -2.34. The minimum atomic E-state index is -0.382. The number of amides is 1. The van der Waals surface area contributed by atoms with E-state index in [1.807, 2.05) is 24.3 Å². The molecule has 0 aromatic heterocycles. The Labute approximate surface area is 162 Å². The lowest BCUT2D eigenvalue weighted by Crippen LogP contribution is -2.24. The molecule has 138 valence electrons. The van der Waals surface area contributed by atoms with E-state index < -0.39 is 0 Å². The summed E-state index contributed by atoms with van der Waals surface area (Å²) in [6.45, 7) is 8.06. The maximum absolute atomic E-state index is 11.8. The molecule has 0 spiro atoms. The van der Waals surface area contributed by atoms with E-state index in [2.05, 4.69) is 47.2 Å². The highest BCUT2D eigenvalue weighted by molar-refractivity contribution is 9.10. The number of hydrazone groups is 1. The van der Waals surface area contributed by atoms with Gasteiger partial charge in [0.2, 0.25) is 0 Å².